The third-order valence-corrected chi connectivity index (χ3v) is 3.08. The fraction of sp³-hybridized carbons (Fsp3) is 0.571. The smallest absolute Gasteiger partial charge is 0.0345 e. The second kappa shape index (κ2) is 6.66. The molecule has 1 aromatic rings. The average molecular weight is 220 g/mol. The highest BCUT2D eigenvalue weighted by molar-refractivity contribution is 5.28. The molecule has 0 amide bonds. The van der Waals surface area contributed by atoms with Crippen LogP contribution < -0.4 is 5.32 Å². The summed E-state index contributed by atoms with van der Waals surface area (Å²) >= 11 is 0. The largest absolute Gasteiger partial charge is 0.320 e. The molecule has 2 nitrogen and oxygen atoms in total. The number of hydrogen-bond donors (Lipinski definition) is 1. The molecular weight excluding hydrogens is 196 g/mol. The van der Waals surface area contributed by atoms with Crippen molar-refractivity contribution in [2.75, 3.05) is 27.7 Å². The molecule has 0 aliphatic rings. The Morgan fingerprint density at radius 3 is 2.50 bits per heavy atom. The summed E-state index contributed by atoms with van der Waals surface area (Å²) in [6.07, 6.45) is 2.42. The molecule has 0 fully saturated rings. The van der Waals surface area contributed by atoms with Crippen LogP contribution in [0.4, 0.5) is 0 Å². The summed E-state index contributed by atoms with van der Waals surface area (Å²) in [5, 5.41) is 3.21. The van der Waals surface area contributed by atoms with Crippen LogP contribution in [0.5, 0.6) is 0 Å². The van der Waals surface area contributed by atoms with Gasteiger partial charge in [-0.2, -0.15) is 0 Å². The Morgan fingerprint density at radius 2 is 1.94 bits per heavy atom. The lowest BCUT2D eigenvalue weighted by atomic mass is 9.97. The molecule has 0 bridgehead atoms. The fourth-order valence-electron chi connectivity index (χ4n) is 2.12. The molecule has 1 unspecified atom stereocenters. The summed E-state index contributed by atoms with van der Waals surface area (Å²) in [5.41, 5.74) is 2.86. The van der Waals surface area contributed by atoms with Crippen molar-refractivity contribution in [2.45, 2.75) is 25.8 Å². The van der Waals surface area contributed by atoms with Crippen molar-refractivity contribution in [3.05, 3.63) is 35.4 Å². The first-order chi connectivity index (χ1) is 7.66. The molecule has 0 radical (unpaired) electrons. The highest BCUT2D eigenvalue weighted by atomic mass is 15.1. The van der Waals surface area contributed by atoms with Gasteiger partial charge in [0.1, 0.15) is 0 Å². The summed E-state index contributed by atoms with van der Waals surface area (Å²) in [7, 11) is 6.34. The molecule has 0 saturated carbocycles. The second-order valence-electron chi connectivity index (χ2n) is 4.58. The molecular formula is C14H24N2. The van der Waals surface area contributed by atoms with E-state index in [1.165, 1.54) is 24.0 Å². The van der Waals surface area contributed by atoms with E-state index in [1.807, 2.05) is 7.05 Å². The summed E-state index contributed by atoms with van der Waals surface area (Å²) in [4.78, 5) is 2.32. The topological polar surface area (TPSA) is 15.3 Å². The van der Waals surface area contributed by atoms with Crippen molar-refractivity contribution in [2.24, 2.45) is 0 Å². The minimum absolute atomic E-state index is 0.537. The van der Waals surface area contributed by atoms with E-state index in [-0.39, 0.29) is 0 Å². The molecule has 0 heterocycles. The lowest BCUT2D eigenvalue weighted by Crippen LogP contribution is -2.22. The van der Waals surface area contributed by atoms with Crippen LogP contribution in [0.2, 0.25) is 0 Å². The Labute approximate surface area is 99.7 Å². The van der Waals surface area contributed by atoms with E-state index >= 15 is 0 Å². The van der Waals surface area contributed by atoms with Gasteiger partial charge in [0, 0.05) is 6.04 Å². The summed E-state index contributed by atoms with van der Waals surface area (Å²) in [6.45, 7) is 3.29. The first-order valence-corrected chi connectivity index (χ1v) is 6.03. The van der Waals surface area contributed by atoms with Crippen LogP contribution >= 0.6 is 0 Å². The molecule has 1 rings (SSSR count). The molecule has 0 saturated heterocycles. The van der Waals surface area contributed by atoms with Gasteiger partial charge in [-0.15, -0.1) is 0 Å². The predicted molar refractivity (Wildman–Crippen MR) is 70.8 cm³/mol. The van der Waals surface area contributed by atoms with Gasteiger partial charge in [-0.3, -0.25) is 0 Å². The van der Waals surface area contributed by atoms with Crippen molar-refractivity contribution in [1.29, 1.82) is 0 Å². The summed E-state index contributed by atoms with van der Waals surface area (Å²) in [5.74, 6) is 0. The number of aryl methyl sites for hydroxylation is 1. The zero-order valence-corrected chi connectivity index (χ0v) is 11.0. The molecule has 0 aliphatic heterocycles. The van der Waals surface area contributed by atoms with Gasteiger partial charge in [-0.25, -0.2) is 0 Å². The van der Waals surface area contributed by atoms with Gasteiger partial charge in [0.2, 0.25) is 0 Å². The maximum Gasteiger partial charge on any atom is 0.0345 e. The first-order valence-electron chi connectivity index (χ1n) is 6.03. The monoisotopic (exact) mass is 220 g/mol. The molecule has 90 valence electrons. The van der Waals surface area contributed by atoms with Crippen LogP contribution in [0.3, 0.4) is 0 Å². The van der Waals surface area contributed by atoms with Gasteiger partial charge >= 0.3 is 0 Å². The van der Waals surface area contributed by atoms with Crippen molar-refractivity contribution >= 4 is 0 Å². The number of nitrogens with zero attached hydrogens (tertiary/aromatic N) is 1. The zero-order valence-electron chi connectivity index (χ0n) is 11.0. The maximum absolute atomic E-state index is 3.21. The van der Waals surface area contributed by atoms with Gasteiger partial charge < -0.3 is 10.2 Å². The molecule has 1 N–H and O–H groups in total. The molecule has 16 heavy (non-hydrogen) atoms. The van der Waals surface area contributed by atoms with Crippen LogP contribution in [0.1, 0.15) is 30.0 Å². The molecule has 1 atom stereocenters. The lowest BCUT2D eigenvalue weighted by molar-refractivity contribution is 0.278. The van der Waals surface area contributed by atoms with Crippen molar-refractivity contribution in [3.63, 3.8) is 0 Å². The van der Waals surface area contributed by atoms with Gasteiger partial charge in [0.15, 0.2) is 0 Å². The zero-order chi connectivity index (χ0) is 12.0. The van der Waals surface area contributed by atoms with Crippen LogP contribution in [0, 0.1) is 6.92 Å². The van der Waals surface area contributed by atoms with Crippen LogP contribution in [0.15, 0.2) is 24.3 Å². The predicted octanol–water partition coefficient (Wildman–Crippen LogP) is 2.60. The highest BCUT2D eigenvalue weighted by Crippen LogP contribution is 2.25. The Kier molecular flexibility index (Phi) is 5.50. The maximum atomic E-state index is 3.21. The number of benzene rings is 1. The van der Waals surface area contributed by atoms with E-state index < -0.39 is 0 Å². The normalized spacial score (nSPS) is 13.1. The van der Waals surface area contributed by atoms with Crippen molar-refractivity contribution in [3.8, 4) is 0 Å². The number of hydrogen-bond acceptors (Lipinski definition) is 2. The minimum Gasteiger partial charge on any atom is -0.320 e. The number of nitrogens with one attached hydrogen (secondary N) is 1. The molecule has 0 spiro atoms. The Balaban J connectivity index is 2.74. The van der Waals surface area contributed by atoms with Gasteiger partial charge in [0.25, 0.3) is 0 Å². The highest BCUT2D eigenvalue weighted by Gasteiger charge is 2.14. The standard InChI is InChI=1S/C14H24N2/c1-12-8-5-6-9-13(12)14(16(3)4)10-7-11-15-2/h5-6,8-9,14-15H,7,10-11H2,1-4H3. The third kappa shape index (κ3) is 3.62. The molecule has 0 aromatic heterocycles. The van der Waals surface area contributed by atoms with Gasteiger partial charge in [0.05, 0.1) is 0 Å². The quantitative estimate of drug-likeness (QED) is 0.741. The van der Waals surface area contributed by atoms with E-state index in [4.69, 9.17) is 0 Å². The van der Waals surface area contributed by atoms with Crippen LogP contribution in [0.25, 0.3) is 0 Å². The van der Waals surface area contributed by atoms with E-state index in [2.05, 4.69) is 55.5 Å². The van der Waals surface area contributed by atoms with E-state index in [1.54, 1.807) is 0 Å². The molecule has 0 aliphatic carbocycles. The van der Waals surface area contributed by atoms with Crippen molar-refractivity contribution < 1.29 is 0 Å². The minimum atomic E-state index is 0.537. The number of rotatable bonds is 6. The Bertz CT molecular complexity index is 307. The second-order valence-corrected chi connectivity index (χ2v) is 4.58. The van der Waals surface area contributed by atoms with Crippen molar-refractivity contribution in [1.82, 2.24) is 10.2 Å². The Hall–Kier alpha value is -0.860. The van der Waals surface area contributed by atoms with Gasteiger partial charge in [-0.05, 0) is 58.6 Å². The average Bonchev–Trinajstić information content (AvgIpc) is 2.25. The van der Waals surface area contributed by atoms with Crippen LogP contribution in [-0.2, 0) is 0 Å². The first kappa shape index (κ1) is 13.2. The van der Waals surface area contributed by atoms with Gasteiger partial charge in [-0.1, -0.05) is 24.3 Å². The summed E-state index contributed by atoms with van der Waals surface area (Å²) in [6, 6.07) is 9.23. The fourth-order valence-corrected chi connectivity index (χ4v) is 2.12. The van der Waals surface area contributed by atoms with E-state index in [0.29, 0.717) is 6.04 Å². The Morgan fingerprint density at radius 1 is 1.25 bits per heavy atom. The summed E-state index contributed by atoms with van der Waals surface area (Å²) < 4.78 is 0. The SMILES string of the molecule is CNCCCC(c1ccccc1C)N(C)C. The van der Waals surface area contributed by atoms with E-state index in [0.717, 1.165) is 6.54 Å². The van der Waals surface area contributed by atoms with E-state index in [9.17, 15) is 0 Å². The molecule has 1 aromatic carbocycles. The molecule has 2 heteroatoms. The van der Waals surface area contributed by atoms with Crippen LogP contribution in [-0.4, -0.2) is 32.6 Å². The lowest BCUT2D eigenvalue weighted by Gasteiger charge is -2.26. The third-order valence-electron chi connectivity index (χ3n) is 3.08.